The summed E-state index contributed by atoms with van der Waals surface area (Å²) in [5.41, 5.74) is 2.03. The fourth-order valence-corrected chi connectivity index (χ4v) is 1.14. The molecular weight excluding hydrogens is 194 g/mol. The van der Waals surface area contributed by atoms with Gasteiger partial charge >= 0.3 is 0 Å². The van der Waals surface area contributed by atoms with Crippen LogP contribution in [0.2, 0.25) is 0 Å². The second kappa shape index (κ2) is 4.43. The van der Waals surface area contributed by atoms with E-state index in [-0.39, 0.29) is 12.4 Å². The zero-order valence-corrected chi connectivity index (χ0v) is 7.67. The number of nitrogens with two attached hydrogens (primary N) is 1. The summed E-state index contributed by atoms with van der Waals surface area (Å²) in [4.78, 5) is 14.2. The van der Waals surface area contributed by atoms with Gasteiger partial charge in [0.1, 0.15) is 6.61 Å². The first-order valence-corrected chi connectivity index (χ1v) is 3.63. The zero-order valence-electron chi connectivity index (χ0n) is 6.86. The predicted molar refractivity (Wildman–Crippen MR) is 48.1 cm³/mol. The lowest BCUT2D eigenvalue weighted by molar-refractivity contribution is -0.194. The number of hydrogen-bond donors (Lipinski definition) is 1. The fourth-order valence-electron chi connectivity index (χ4n) is 1.14. The van der Waals surface area contributed by atoms with Gasteiger partial charge in [0.15, 0.2) is 5.75 Å². The molecule has 0 atom stereocenters. The van der Waals surface area contributed by atoms with Crippen LogP contribution < -0.4 is 10.8 Å². The first-order valence-electron chi connectivity index (χ1n) is 3.63. The largest absolute Gasteiger partial charge is 0.337 e. The van der Waals surface area contributed by atoms with E-state index >= 15 is 0 Å². The maximum absolute atomic E-state index is 4.93. The van der Waals surface area contributed by atoms with Gasteiger partial charge in [-0.15, -0.1) is 12.4 Å². The molecule has 2 rings (SSSR count). The fraction of sp³-hybridized carbons (Fsp3) is 0.250. The molecule has 0 radical (unpaired) electrons. The van der Waals surface area contributed by atoms with Crippen molar-refractivity contribution in [3.8, 4) is 5.75 Å². The van der Waals surface area contributed by atoms with Crippen molar-refractivity contribution >= 4 is 12.4 Å². The maximum atomic E-state index is 4.93. The minimum absolute atomic E-state index is 0. The lowest BCUT2D eigenvalue weighted by Gasteiger charge is -1.99. The molecule has 1 aliphatic heterocycles. The van der Waals surface area contributed by atoms with Gasteiger partial charge < -0.3 is 4.89 Å². The molecule has 0 saturated carbocycles. The van der Waals surface area contributed by atoms with Crippen LogP contribution in [0.15, 0.2) is 18.2 Å². The van der Waals surface area contributed by atoms with E-state index in [0.29, 0.717) is 13.2 Å². The molecule has 0 amide bonds. The number of halogens is 1. The molecule has 1 aromatic carbocycles. The van der Waals surface area contributed by atoms with Gasteiger partial charge in [0.2, 0.25) is 0 Å². The van der Waals surface area contributed by atoms with E-state index in [9.17, 15) is 0 Å². The van der Waals surface area contributed by atoms with Gasteiger partial charge in [0.25, 0.3) is 0 Å². The topological polar surface area (TPSA) is 53.7 Å². The third-order valence-corrected chi connectivity index (χ3v) is 1.74. The van der Waals surface area contributed by atoms with Crippen molar-refractivity contribution in [2.75, 3.05) is 0 Å². The van der Waals surface area contributed by atoms with Crippen molar-refractivity contribution in [3.63, 3.8) is 0 Å². The molecular formula is C8H10ClNO3. The summed E-state index contributed by atoms with van der Waals surface area (Å²) in [6.45, 7) is 0.899. The summed E-state index contributed by atoms with van der Waals surface area (Å²) in [6, 6.07) is 5.73. The first-order chi connectivity index (χ1) is 5.90. The number of hydrogen-bond acceptors (Lipinski definition) is 4. The van der Waals surface area contributed by atoms with Crippen LogP contribution in [0.3, 0.4) is 0 Å². The Balaban J connectivity index is 0.000000845. The van der Waals surface area contributed by atoms with Crippen LogP contribution >= 0.6 is 12.4 Å². The van der Waals surface area contributed by atoms with Crippen molar-refractivity contribution in [3.05, 3.63) is 29.3 Å². The second-order valence-electron chi connectivity index (χ2n) is 2.60. The number of rotatable bonds is 2. The van der Waals surface area contributed by atoms with E-state index in [1.807, 2.05) is 18.2 Å². The maximum Gasteiger partial charge on any atom is 0.171 e. The van der Waals surface area contributed by atoms with Gasteiger partial charge in [-0.2, -0.15) is 4.89 Å². The van der Waals surface area contributed by atoms with E-state index in [2.05, 4.69) is 4.84 Å². The summed E-state index contributed by atoms with van der Waals surface area (Å²) < 4.78 is 0. The summed E-state index contributed by atoms with van der Waals surface area (Å²) in [5, 5.41) is 0. The Hall–Kier alpha value is -0.810. The minimum atomic E-state index is 0. The van der Waals surface area contributed by atoms with Crippen molar-refractivity contribution in [2.24, 2.45) is 5.90 Å². The van der Waals surface area contributed by atoms with Crippen LogP contribution in [0.4, 0.5) is 0 Å². The summed E-state index contributed by atoms with van der Waals surface area (Å²) in [5.74, 6) is 5.69. The van der Waals surface area contributed by atoms with Gasteiger partial charge in [-0.3, -0.25) is 4.84 Å². The molecule has 13 heavy (non-hydrogen) atoms. The van der Waals surface area contributed by atoms with Crippen LogP contribution in [0.1, 0.15) is 11.1 Å². The van der Waals surface area contributed by atoms with Gasteiger partial charge in [0.05, 0.1) is 6.61 Å². The average molecular weight is 204 g/mol. The van der Waals surface area contributed by atoms with E-state index < -0.39 is 0 Å². The Morgan fingerprint density at radius 2 is 2.31 bits per heavy atom. The normalized spacial score (nSPS) is 13.0. The smallest absolute Gasteiger partial charge is 0.171 e. The molecule has 2 N–H and O–H groups in total. The van der Waals surface area contributed by atoms with Crippen LogP contribution in [0.5, 0.6) is 5.75 Å². The minimum Gasteiger partial charge on any atom is -0.337 e. The quantitative estimate of drug-likeness (QED) is 0.582. The summed E-state index contributed by atoms with van der Waals surface area (Å²) >= 11 is 0. The van der Waals surface area contributed by atoms with Crippen molar-refractivity contribution in [1.29, 1.82) is 0 Å². The lowest BCUT2D eigenvalue weighted by Crippen LogP contribution is -1.98. The molecule has 0 aromatic heterocycles. The SMILES string of the molecule is Cl.NOCc1ccc2c(c1)OOC2. The lowest BCUT2D eigenvalue weighted by atomic mass is 10.1. The van der Waals surface area contributed by atoms with Crippen LogP contribution in [0, 0.1) is 0 Å². The summed E-state index contributed by atoms with van der Waals surface area (Å²) in [6.07, 6.45) is 0. The Labute approximate surface area is 81.9 Å². The number of benzene rings is 1. The molecule has 5 heteroatoms. The molecule has 0 saturated heterocycles. The van der Waals surface area contributed by atoms with Crippen LogP contribution in [-0.4, -0.2) is 0 Å². The van der Waals surface area contributed by atoms with E-state index in [1.165, 1.54) is 0 Å². The molecule has 1 heterocycles. The van der Waals surface area contributed by atoms with Gasteiger partial charge in [-0.1, -0.05) is 12.1 Å². The molecule has 72 valence electrons. The van der Waals surface area contributed by atoms with Gasteiger partial charge in [-0.05, 0) is 11.6 Å². The molecule has 1 aliphatic rings. The first kappa shape index (κ1) is 10.3. The van der Waals surface area contributed by atoms with Gasteiger partial charge in [-0.25, -0.2) is 5.90 Å². The molecule has 1 aromatic rings. The van der Waals surface area contributed by atoms with Crippen LogP contribution in [0.25, 0.3) is 0 Å². The number of fused-ring (bicyclic) bond motifs is 1. The third-order valence-electron chi connectivity index (χ3n) is 1.74. The Morgan fingerprint density at radius 1 is 1.46 bits per heavy atom. The van der Waals surface area contributed by atoms with Gasteiger partial charge in [0, 0.05) is 5.56 Å². The zero-order chi connectivity index (χ0) is 8.39. The molecule has 4 nitrogen and oxygen atoms in total. The molecule has 0 unspecified atom stereocenters. The highest BCUT2D eigenvalue weighted by Crippen LogP contribution is 2.26. The third kappa shape index (κ3) is 2.10. The van der Waals surface area contributed by atoms with Crippen molar-refractivity contribution < 1.29 is 14.6 Å². The molecule has 0 fully saturated rings. The highest BCUT2D eigenvalue weighted by Gasteiger charge is 2.13. The van der Waals surface area contributed by atoms with E-state index in [1.54, 1.807) is 0 Å². The average Bonchev–Trinajstić information content (AvgIpc) is 2.51. The molecule has 0 bridgehead atoms. The van der Waals surface area contributed by atoms with E-state index in [4.69, 9.17) is 15.7 Å². The molecule has 0 aliphatic carbocycles. The van der Waals surface area contributed by atoms with Crippen molar-refractivity contribution in [1.82, 2.24) is 0 Å². The van der Waals surface area contributed by atoms with Crippen molar-refractivity contribution in [2.45, 2.75) is 13.2 Å². The highest BCUT2D eigenvalue weighted by atomic mass is 35.5. The monoisotopic (exact) mass is 203 g/mol. The molecule has 0 spiro atoms. The predicted octanol–water partition coefficient (Wildman–Crippen LogP) is 1.32. The van der Waals surface area contributed by atoms with Crippen LogP contribution in [-0.2, 0) is 22.9 Å². The Kier molecular flexibility index (Phi) is 3.50. The highest BCUT2D eigenvalue weighted by molar-refractivity contribution is 5.85. The standard InChI is InChI=1S/C8H9NO3.ClH/c9-10-4-6-1-2-7-5-11-12-8(7)3-6;/h1-3H,4-5,9H2;1H. The van der Waals surface area contributed by atoms with E-state index in [0.717, 1.165) is 16.9 Å². The Morgan fingerprint density at radius 3 is 3.08 bits per heavy atom. The Bertz CT molecular complexity index is 293. The summed E-state index contributed by atoms with van der Waals surface area (Å²) in [7, 11) is 0. The second-order valence-corrected chi connectivity index (χ2v) is 2.60.